The van der Waals surface area contributed by atoms with Crippen molar-refractivity contribution in [1.82, 2.24) is 15.1 Å². The topological polar surface area (TPSA) is 75.0 Å². The van der Waals surface area contributed by atoms with Gasteiger partial charge in [-0.1, -0.05) is 49.6 Å². The molecule has 174 valence electrons. The van der Waals surface area contributed by atoms with Gasteiger partial charge in [-0.25, -0.2) is 4.79 Å². The first-order chi connectivity index (χ1) is 15.7. The van der Waals surface area contributed by atoms with Crippen LogP contribution in [0.4, 0.5) is 4.79 Å². The van der Waals surface area contributed by atoms with E-state index in [1.165, 1.54) is 6.42 Å². The third kappa shape index (κ3) is 7.71. The number of benzene rings is 1. The highest BCUT2D eigenvalue weighted by Gasteiger charge is 2.24. The standard InChI is InChI=1S/C25H35N3O4/c1-31-18-16-28(25(30)26-22-11-6-3-7-12-22)20-24(29)27(19-23-13-8-17-32-23)15-14-21-9-4-2-5-10-21/h2,4-5,8-10,13,17,22H,3,6-7,11-12,14-16,18-20H2,1H3,(H,26,30). The van der Waals surface area contributed by atoms with Gasteiger partial charge in [0.25, 0.3) is 0 Å². The van der Waals surface area contributed by atoms with E-state index in [1.807, 2.05) is 30.3 Å². The van der Waals surface area contributed by atoms with Crippen LogP contribution in [-0.4, -0.2) is 61.1 Å². The van der Waals surface area contributed by atoms with Crippen LogP contribution in [0.1, 0.15) is 43.4 Å². The van der Waals surface area contributed by atoms with Crippen molar-refractivity contribution in [3.8, 4) is 0 Å². The molecule has 1 N–H and O–H groups in total. The van der Waals surface area contributed by atoms with Gasteiger partial charge in [0, 0.05) is 26.2 Å². The first-order valence-corrected chi connectivity index (χ1v) is 11.5. The molecule has 32 heavy (non-hydrogen) atoms. The van der Waals surface area contributed by atoms with E-state index >= 15 is 0 Å². The quantitative estimate of drug-likeness (QED) is 0.575. The fraction of sp³-hybridized carbons (Fsp3) is 0.520. The predicted octanol–water partition coefficient (Wildman–Crippen LogP) is 3.84. The van der Waals surface area contributed by atoms with Crippen LogP contribution in [-0.2, 0) is 22.5 Å². The Kier molecular flexibility index (Phi) is 9.62. The van der Waals surface area contributed by atoms with E-state index in [1.54, 1.807) is 23.2 Å². The van der Waals surface area contributed by atoms with Crippen molar-refractivity contribution in [1.29, 1.82) is 0 Å². The lowest BCUT2D eigenvalue weighted by Gasteiger charge is -2.30. The summed E-state index contributed by atoms with van der Waals surface area (Å²) in [4.78, 5) is 29.6. The maximum atomic E-state index is 13.3. The third-order valence-corrected chi connectivity index (χ3v) is 5.90. The van der Waals surface area contributed by atoms with Gasteiger partial charge >= 0.3 is 6.03 Å². The summed E-state index contributed by atoms with van der Waals surface area (Å²) < 4.78 is 10.7. The first kappa shape index (κ1) is 23.9. The molecule has 2 aromatic rings. The fourth-order valence-electron chi connectivity index (χ4n) is 4.02. The summed E-state index contributed by atoms with van der Waals surface area (Å²) in [7, 11) is 1.60. The van der Waals surface area contributed by atoms with Crippen molar-refractivity contribution >= 4 is 11.9 Å². The van der Waals surface area contributed by atoms with E-state index in [2.05, 4.69) is 17.4 Å². The van der Waals surface area contributed by atoms with Gasteiger partial charge in [0.05, 0.1) is 19.4 Å². The number of nitrogens with one attached hydrogen (secondary N) is 1. The van der Waals surface area contributed by atoms with Gasteiger partial charge in [-0.2, -0.15) is 0 Å². The molecule has 1 aliphatic rings. The van der Waals surface area contributed by atoms with Crippen molar-refractivity contribution in [3.63, 3.8) is 0 Å². The summed E-state index contributed by atoms with van der Waals surface area (Å²) in [6.45, 7) is 1.69. The largest absolute Gasteiger partial charge is 0.467 e. The maximum Gasteiger partial charge on any atom is 0.318 e. The highest BCUT2D eigenvalue weighted by Crippen LogP contribution is 2.17. The summed E-state index contributed by atoms with van der Waals surface area (Å²) in [5.41, 5.74) is 1.16. The molecule has 3 rings (SSSR count). The van der Waals surface area contributed by atoms with E-state index in [0.717, 1.165) is 43.4 Å². The van der Waals surface area contributed by atoms with Crippen molar-refractivity contribution in [2.45, 2.75) is 51.1 Å². The minimum atomic E-state index is -0.191. The van der Waals surface area contributed by atoms with E-state index < -0.39 is 0 Å². The number of rotatable bonds is 11. The van der Waals surface area contributed by atoms with Crippen LogP contribution in [0.3, 0.4) is 0 Å². The van der Waals surface area contributed by atoms with Gasteiger partial charge in [0.15, 0.2) is 0 Å². The van der Waals surface area contributed by atoms with Gasteiger partial charge in [0.2, 0.25) is 5.91 Å². The molecule has 0 unspecified atom stereocenters. The van der Waals surface area contributed by atoms with Gasteiger partial charge in [-0.05, 0) is 37.0 Å². The summed E-state index contributed by atoms with van der Waals surface area (Å²) in [5.74, 6) is 0.619. The molecule has 1 heterocycles. The highest BCUT2D eigenvalue weighted by molar-refractivity contribution is 5.84. The Hall–Kier alpha value is -2.80. The number of methoxy groups -OCH3 is 1. The smallest absolute Gasteiger partial charge is 0.318 e. The van der Waals surface area contributed by atoms with Crippen molar-refractivity contribution < 1.29 is 18.7 Å². The lowest BCUT2D eigenvalue weighted by molar-refractivity contribution is -0.132. The first-order valence-electron chi connectivity index (χ1n) is 11.5. The monoisotopic (exact) mass is 441 g/mol. The molecule has 1 aromatic carbocycles. The summed E-state index contributed by atoms with van der Waals surface area (Å²) >= 11 is 0. The molecule has 0 saturated heterocycles. The average Bonchev–Trinajstić information content (AvgIpc) is 3.33. The van der Waals surface area contributed by atoms with Crippen LogP contribution in [0, 0.1) is 0 Å². The second kappa shape index (κ2) is 12.9. The molecule has 7 heteroatoms. The summed E-state index contributed by atoms with van der Waals surface area (Å²) in [6.07, 6.45) is 7.84. The van der Waals surface area contributed by atoms with Crippen LogP contribution < -0.4 is 5.32 Å². The molecule has 1 saturated carbocycles. The van der Waals surface area contributed by atoms with Crippen LogP contribution >= 0.6 is 0 Å². The molecule has 0 radical (unpaired) electrons. The molecule has 0 bridgehead atoms. The molecule has 1 aliphatic carbocycles. The maximum absolute atomic E-state index is 13.3. The van der Waals surface area contributed by atoms with Gasteiger partial charge < -0.3 is 24.3 Å². The number of urea groups is 1. The number of hydrogen-bond donors (Lipinski definition) is 1. The lowest BCUT2D eigenvalue weighted by Crippen LogP contribution is -2.50. The summed E-state index contributed by atoms with van der Waals surface area (Å²) in [5, 5.41) is 3.12. The average molecular weight is 442 g/mol. The van der Waals surface area contributed by atoms with Crippen LogP contribution in [0.5, 0.6) is 0 Å². The van der Waals surface area contributed by atoms with Crippen molar-refractivity contribution in [2.75, 3.05) is 33.4 Å². The molecule has 1 aromatic heterocycles. The second-order valence-electron chi connectivity index (χ2n) is 8.33. The third-order valence-electron chi connectivity index (χ3n) is 5.90. The predicted molar refractivity (Wildman–Crippen MR) is 123 cm³/mol. The van der Waals surface area contributed by atoms with Gasteiger partial charge in [-0.3, -0.25) is 4.79 Å². The number of nitrogens with zero attached hydrogens (tertiary/aromatic N) is 2. The number of amides is 3. The minimum absolute atomic E-state index is 0.0113. The Morgan fingerprint density at radius 1 is 1.03 bits per heavy atom. The molecule has 0 aliphatic heterocycles. The number of carbonyl (C=O) groups excluding carboxylic acids is 2. The van der Waals surface area contributed by atoms with Crippen molar-refractivity contribution in [3.05, 3.63) is 60.1 Å². The summed E-state index contributed by atoms with van der Waals surface area (Å²) in [6, 6.07) is 13.8. The molecular formula is C25H35N3O4. The zero-order valence-corrected chi connectivity index (χ0v) is 19.0. The Bertz CT molecular complexity index is 804. The van der Waals surface area contributed by atoms with E-state index in [4.69, 9.17) is 9.15 Å². The fourth-order valence-corrected chi connectivity index (χ4v) is 4.02. The Labute approximate surface area is 190 Å². The second-order valence-corrected chi connectivity index (χ2v) is 8.33. The number of furan rings is 1. The van der Waals surface area contributed by atoms with Gasteiger partial charge in [-0.15, -0.1) is 0 Å². The SMILES string of the molecule is COCCN(CC(=O)N(CCc1ccccc1)Cc1ccco1)C(=O)NC1CCCCC1. The Morgan fingerprint density at radius 3 is 2.50 bits per heavy atom. The number of ether oxygens (including phenoxy) is 1. The zero-order valence-electron chi connectivity index (χ0n) is 19.0. The van der Waals surface area contributed by atoms with E-state index in [0.29, 0.717) is 26.2 Å². The number of hydrogen-bond acceptors (Lipinski definition) is 4. The number of carbonyl (C=O) groups is 2. The van der Waals surface area contributed by atoms with E-state index in [9.17, 15) is 9.59 Å². The van der Waals surface area contributed by atoms with E-state index in [-0.39, 0.29) is 24.5 Å². The van der Waals surface area contributed by atoms with Crippen LogP contribution in [0.15, 0.2) is 53.1 Å². The highest BCUT2D eigenvalue weighted by atomic mass is 16.5. The molecule has 3 amide bonds. The van der Waals surface area contributed by atoms with Crippen LogP contribution in [0.25, 0.3) is 0 Å². The normalized spacial score (nSPS) is 14.2. The van der Waals surface area contributed by atoms with Crippen molar-refractivity contribution in [2.24, 2.45) is 0 Å². The Balaban J connectivity index is 1.64. The minimum Gasteiger partial charge on any atom is -0.467 e. The van der Waals surface area contributed by atoms with Gasteiger partial charge in [0.1, 0.15) is 12.3 Å². The molecule has 0 atom stereocenters. The zero-order chi connectivity index (χ0) is 22.6. The lowest BCUT2D eigenvalue weighted by atomic mass is 9.96. The molecular weight excluding hydrogens is 406 g/mol. The molecule has 1 fully saturated rings. The van der Waals surface area contributed by atoms with Crippen LogP contribution in [0.2, 0.25) is 0 Å². The Morgan fingerprint density at radius 2 is 1.81 bits per heavy atom. The molecule has 0 spiro atoms. The molecule has 7 nitrogen and oxygen atoms in total.